The molecule has 0 aromatic heterocycles. The third-order valence-corrected chi connectivity index (χ3v) is 3.24. The summed E-state index contributed by atoms with van der Waals surface area (Å²) in [4.78, 5) is 0. The molecule has 0 nitrogen and oxygen atoms in total. The van der Waals surface area contributed by atoms with Crippen molar-refractivity contribution in [1.29, 1.82) is 0 Å². The highest BCUT2D eigenvalue weighted by Crippen LogP contribution is 2.38. The van der Waals surface area contributed by atoms with Crippen molar-refractivity contribution in [2.75, 3.05) is 0 Å². The second-order valence-corrected chi connectivity index (χ2v) is 6.37. The van der Waals surface area contributed by atoms with Crippen molar-refractivity contribution in [2.24, 2.45) is 23.2 Å². The van der Waals surface area contributed by atoms with E-state index in [1.165, 1.54) is 19.3 Å². The molecule has 0 amide bonds. The first-order valence-corrected chi connectivity index (χ1v) is 6.29. The first-order chi connectivity index (χ1) is 6.29. The van der Waals surface area contributed by atoms with E-state index in [1.54, 1.807) is 0 Å². The van der Waals surface area contributed by atoms with Gasteiger partial charge in [0.1, 0.15) is 0 Å². The molecule has 0 aliphatic heterocycles. The largest absolute Gasteiger partial charge is 0.0654 e. The molecule has 86 valence electrons. The van der Waals surface area contributed by atoms with Gasteiger partial charge < -0.3 is 0 Å². The summed E-state index contributed by atoms with van der Waals surface area (Å²) in [5.41, 5.74) is 0.477. The van der Waals surface area contributed by atoms with Gasteiger partial charge in [0, 0.05) is 0 Å². The Labute approximate surface area is 91.5 Å². The molecule has 0 spiro atoms. The Kier molecular flexibility index (Phi) is 5.78. The van der Waals surface area contributed by atoms with Gasteiger partial charge in [0.05, 0.1) is 0 Å². The fraction of sp³-hybridized carbons (Fsp3) is 1.00. The second kappa shape index (κ2) is 5.78. The van der Waals surface area contributed by atoms with Gasteiger partial charge in [-0.3, -0.25) is 0 Å². The van der Waals surface area contributed by atoms with Crippen LogP contribution in [0.5, 0.6) is 0 Å². The normalized spacial score (nSPS) is 17.1. The van der Waals surface area contributed by atoms with E-state index < -0.39 is 0 Å². The van der Waals surface area contributed by atoms with Crippen molar-refractivity contribution < 1.29 is 0 Å². The molecule has 0 aromatic rings. The van der Waals surface area contributed by atoms with Gasteiger partial charge in [0.2, 0.25) is 0 Å². The number of hydrogen-bond acceptors (Lipinski definition) is 0. The molecule has 0 aromatic carbocycles. The predicted molar refractivity (Wildman–Crippen MR) is 66.5 cm³/mol. The van der Waals surface area contributed by atoms with Crippen molar-refractivity contribution in [3.63, 3.8) is 0 Å². The van der Waals surface area contributed by atoms with Crippen LogP contribution in [0.2, 0.25) is 0 Å². The maximum absolute atomic E-state index is 2.44. The summed E-state index contributed by atoms with van der Waals surface area (Å²) in [6, 6.07) is 0. The first kappa shape index (κ1) is 14.0. The molecule has 0 rings (SSSR count). The molecule has 14 heavy (non-hydrogen) atoms. The fourth-order valence-corrected chi connectivity index (χ4v) is 2.79. The highest BCUT2D eigenvalue weighted by Gasteiger charge is 2.28. The van der Waals surface area contributed by atoms with Crippen LogP contribution in [0.15, 0.2) is 0 Å². The molecule has 0 heteroatoms. The Balaban J connectivity index is 4.33. The summed E-state index contributed by atoms with van der Waals surface area (Å²) >= 11 is 0. The van der Waals surface area contributed by atoms with Crippen LogP contribution in [0, 0.1) is 23.2 Å². The summed E-state index contributed by atoms with van der Waals surface area (Å²) < 4.78 is 0. The molecule has 2 unspecified atom stereocenters. The summed E-state index contributed by atoms with van der Waals surface area (Å²) in [7, 11) is 0. The van der Waals surface area contributed by atoms with Gasteiger partial charge >= 0.3 is 0 Å². The summed E-state index contributed by atoms with van der Waals surface area (Å²) in [5.74, 6) is 2.59. The summed E-state index contributed by atoms with van der Waals surface area (Å²) in [5, 5.41) is 0. The molecule has 0 aliphatic carbocycles. The average Bonchev–Trinajstić information content (AvgIpc) is 1.96. The highest BCUT2D eigenvalue weighted by atomic mass is 14.3. The molecule has 0 N–H and O–H groups in total. The van der Waals surface area contributed by atoms with Gasteiger partial charge in [0.15, 0.2) is 0 Å². The second-order valence-electron chi connectivity index (χ2n) is 6.37. The van der Waals surface area contributed by atoms with E-state index in [0.29, 0.717) is 5.41 Å². The zero-order chi connectivity index (χ0) is 11.4. The minimum absolute atomic E-state index is 0.477. The molecule has 0 fully saturated rings. The van der Waals surface area contributed by atoms with E-state index in [-0.39, 0.29) is 0 Å². The van der Waals surface area contributed by atoms with E-state index >= 15 is 0 Å². The summed E-state index contributed by atoms with van der Waals surface area (Å²) in [6.07, 6.45) is 4.09. The molecular formula is C14H30. The maximum atomic E-state index is 2.44. The van der Waals surface area contributed by atoms with Gasteiger partial charge in [-0.25, -0.2) is 0 Å². The van der Waals surface area contributed by atoms with Crippen LogP contribution in [-0.2, 0) is 0 Å². The van der Waals surface area contributed by atoms with Crippen LogP contribution in [0.25, 0.3) is 0 Å². The molecule has 0 bridgehead atoms. The molecule has 0 radical (unpaired) electrons. The molecule has 0 aliphatic rings. The Hall–Kier alpha value is 0. The zero-order valence-electron chi connectivity index (χ0n) is 11.4. The van der Waals surface area contributed by atoms with Crippen molar-refractivity contribution in [1.82, 2.24) is 0 Å². The quantitative estimate of drug-likeness (QED) is 0.574. The summed E-state index contributed by atoms with van der Waals surface area (Å²) in [6.45, 7) is 16.6. The van der Waals surface area contributed by atoms with Crippen LogP contribution in [-0.4, -0.2) is 0 Å². The van der Waals surface area contributed by atoms with Gasteiger partial charge in [0.25, 0.3) is 0 Å². The minimum Gasteiger partial charge on any atom is -0.0654 e. The first-order valence-electron chi connectivity index (χ1n) is 6.29. The fourth-order valence-electron chi connectivity index (χ4n) is 2.79. The van der Waals surface area contributed by atoms with Crippen LogP contribution >= 0.6 is 0 Å². The topological polar surface area (TPSA) is 0 Å². The molecule has 0 saturated carbocycles. The van der Waals surface area contributed by atoms with E-state index in [2.05, 4.69) is 48.5 Å². The third-order valence-electron chi connectivity index (χ3n) is 3.24. The van der Waals surface area contributed by atoms with Gasteiger partial charge in [-0.2, -0.15) is 0 Å². The van der Waals surface area contributed by atoms with Crippen LogP contribution in [0.4, 0.5) is 0 Å². The van der Waals surface area contributed by atoms with E-state index in [9.17, 15) is 0 Å². The lowest BCUT2D eigenvalue weighted by atomic mass is 9.69. The Morgan fingerprint density at radius 1 is 1.00 bits per heavy atom. The zero-order valence-corrected chi connectivity index (χ0v) is 11.4. The van der Waals surface area contributed by atoms with Crippen molar-refractivity contribution in [3.05, 3.63) is 0 Å². The Morgan fingerprint density at radius 3 is 1.79 bits per heavy atom. The lowest BCUT2D eigenvalue weighted by molar-refractivity contribution is 0.139. The molecule has 2 atom stereocenters. The standard InChI is InChI=1S/C14H30/c1-8-9-13(14(5,6)7)12(4)10-11(2)3/h11-13H,8-10H2,1-7H3. The molecular weight excluding hydrogens is 168 g/mol. The molecule has 0 saturated heterocycles. The lowest BCUT2D eigenvalue weighted by Gasteiger charge is -2.36. The van der Waals surface area contributed by atoms with Gasteiger partial charge in [-0.05, 0) is 36.0 Å². The maximum Gasteiger partial charge on any atom is -0.0340 e. The Bertz CT molecular complexity index is 139. The number of hydrogen-bond donors (Lipinski definition) is 0. The lowest BCUT2D eigenvalue weighted by Crippen LogP contribution is -2.27. The highest BCUT2D eigenvalue weighted by molar-refractivity contribution is 4.78. The van der Waals surface area contributed by atoms with E-state index in [4.69, 9.17) is 0 Å². The SMILES string of the molecule is CCCC(C(C)CC(C)C)C(C)(C)C. The van der Waals surface area contributed by atoms with Crippen LogP contribution in [0.3, 0.4) is 0 Å². The minimum atomic E-state index is 0.477. The van der Waals surface area contributed by atoms with Crippen LogP contribution < -0.4 is 0 Å². The predicted octanol–water partition coefficient (Wildman–Crippen LogP) is 5.13. The monoisotopic (exact) mass is 198 g/mol. The van der Waals surface area contributed by atoms with Gasteiger partial charge in [-0.15, -0.1) is 0 Å². The van der Waals surface area contributed by atoms with Gasteiger partial charge in [-0.1, -0.05) is 54.9 Å². The molecule has 0 heterocycles. The van der Waals surface area contributed by atoms with E-state index in [1.807, 2.05) is 0 Å². The van der Waals surface area contributed by atoms with Crippen LogP contribution in [0.1, 0.15) is 67.7 Å². The third kappa shape index (κ3) is 5.02. The van der Waals surface area contributed by atoms with Crippen molar-refractivity contribution in [3.8, 4) is 0 Å². The average molecular weight is 198 g/mol. The smallest absolute Gasteiger partial charge is 0.0340 e. The number of rotatable bonds is 5. The van der Waals surface area contributed by atoms with Crippen molar-refractivity contribution >= 4 is 0 Å². The van der Waals surface area contributed by atoms with E-state index in [0.717, 1.165) is 17.8 Å². The van der Waals surface area contributed by atoms with Crippen molar-refractivity contribution in [2.45, 2.75) is 67.7 Å². The Morgan fingerprint density at radius 2 is 1.50 bits per heavy atom.